The summed E-state index contributed by atoms with van der Waals surface area (Å²) in [7, 11) is 0. The van der Waals surface area contributed by atoms with Crippen LogP contribution in [-0.4, -0.2) is 59.3 Å². The average Bonchev–Trinajstić information content (AvgIpc) is 2.66. The number of hydrogen-bond acceptors (Lipinski definition) is 7. The summed E-state index contributed by atoms with van der Waals surface area (Å²) >= 11 is 0. The Bertz CT molecular complexity index is 762. The van der Waals surface area contributed by atoms with Crippen molar-refractivity contribution in [3.63, 3.8) is 0 Å². The van der Waals surface area contributed by atoms with E-state index in [4.69, 9.17) is 26.9 Å². The largest absolute Gasteiger partial charge is 0.390 e. The number of azide groups is 4. The molecule has 2 aliphatic rings. The van der Waals surface area contributed by atoms with Crippen molar-refractivity contribution in [3.05, 3.63) is 53.9 Å². The van der Waals surface area contributed by atoms with Crippen LogP contribution < -0.4 is 0 Å². The summed E-state index contributed by atoms with van der Waals surface area (Å²) < 4.78 is 5.81. The van der Waals surface area contributed by atoms with Gasteiger partial charge in [0.25, 0.3) is 0 Å². The Kier molecular flexibility index (Phi) is 7.12. The quantitative estimate of drug-likeness (QED) is 0.307. The van der Waals surface area contributed by atoms with Gasteiger partial charge in [0.05, 0.1) is 43.0 Å². The highest BCUT2D eigenvalue weighted by atomic mass is 16.5. The van der Waals surface area contributed by atoms with E-state index in [1.807, 2.05) is 0 Å². The maximum absolute atomic E-state index is 10.6. The molecule has 0 radical (unpaired) electrons. The Balaban J connectivity index is 2.40. The average molecular weight is 376 g/mol. The van der Waals surface area contributed by atoms with Crippen LogP contribution in [0.25, 0.3) is 41.8 Å². The fourth-order valence-electron chi connectivity index (χ4n) is 3.39. The Morgan fingerprint density at radius 2 is 1.56 bits per heavy atom. The molecule has 142 valence electrons. The van der Waals surface area contributed by atoms with Gasteiger partial charge in [-0.25, -0.2) is 0 Å². The second-order valence-electron chi connectivity index (χ2n) is 5.97. The molecule has 1 heterocycles. The summed E-state index contributed by atoms with van der Waals surface area (Å²) in [6, 6.07) is -2.73. The van der Waals surface area contributed by atoms with E-state index in [0.29, 0.717) is 0 Å². The molecule has 0 aromatic heterocycles. The van der Waals surface area contributed by atoms with Gasteiger partial charge in [0.15, 0.2) is 0 Å². The minimum atomic E-state index is -1.47. The van der Waals surface area contributed by atoms with Gasteiger partial charge < -0.3 is 14.9 Å². The summed E-state index contributed by atoms with van der Waals surface area (Å²) in [4.78, 5) is 10.8. The summed E-state index contributed by atoms with van der Waals surface area (Å²) in [5.74, 6) is -0.949. The molecule has 2 N–H and O–H groups in total. The van der Waals surface area contributed by atoms with Gasteiger partial charge >= 0.3 is 0 Å². The predicted octanol–water partition coefficient (Wildman–Crippen LogP) is 2.40. The van der Waals surface area contributed by atoms with Crippen molar-refractivity contribution in [2.24, 2.45) is 26.4 Å². The lowest BCUT2D eigenvalue weighted by atomic mass is 9.73. The van der Waals surface area contributed by atoms with E-state index in [9.17, 15) is 10.2 Å². The zero-order valence-corrected chi connectivity index (χ0v) is 13.9. The van der Waals surface area contributed by atoms with Gasteiger partial charge in [0.2, 0.25) is 0 Å². The highest BCUT2D eigenvalue weighted by Crippen LogP contribution is 2.37. The third-order valence-corrected chi connectivity index (χ3v) is 4.55. The molecule has 1 fully saturated rings. The van der Waals surface area contributed by atoms with E-state index in [-0.39, 0.29) is 13.0 Å². The van der Waals surface area contributed by atoms with Gasteiger partial charge in [-0.3, -0.25) is 0 Å². The first kappa shape index (κ1) is 20.2. The molecule has 0 unspecified atom stereocenters. The maximum Gasteiger partial charge on any atom is 0.0887 e. The highest BCUT2D eigenvalue weighted by Gasteiger charge is 2.49. The molecule has 1 aliphatic heterocycles. The van der Waals surface area contributed by atoms with Crippen molar-refractivity contribution < 1.29 is 14.9 Å². The standard InChI is InChI=1S/C12H16N12O3/c13-21-17-4-5-1-2-6(18-22-14)12(27-5)9-7(19-23-15)3-8(20-24-16)10(25)11(9)26/h1-2,5-12,25-26H,3-4H2/t5-,6+,7-,8+,9+,10-,11-,12-/m0/s1. The number of aliphatic hydroxyl groups excluding tert-OH is 2. The van der Waals surface area contributed by atoms with Crippen molar-refractivity contribution in [2.45, 2.75) is 49.0 Å². The lowest BCUT2D eigenvalue weighted by molar-refractivity contribution is -0.128. The number of ether oxygens (including phenoxy) is 1. The first-order valence-corrected chi connectivity index (χ1v) is 7.90. The Hall–Kier alpha value is -3.14. The van der Waals surface area contributed by atoms with Gasteiger partial charge in [0, 0.05) is 31.6 Å². The molecule has 15 nitrogen and oxygen atoms in total. The van der Waals surface area contributed by atoms with Crippen molar-refractivity contribution in [1.29, 1.82) is 0 Å². The molecule has 0 aromatic carbocycles. The SMILES string of the molecule is [N-]=[N+]=NC[C@@H]1C=C[C@@H](N=[N+]=[N-])[C@@H]([C@H]2[C@H](O)[C@@H](O)[C@H](N=[N+]=[N-])C[C@@H]2N=[N+]=[N-])O1. The third-order valence-electron chi connectivity index (χ3n) is 4.55. The fourth-order valence-corrected chi connectivity index (χ4v) is 3.39. The van der Waals surface area contributed by atoms with Crippen molar-refractivity contribution in [2.75, 3.05) is 6.54 Å². The van der Waals surface area contributed by atoms with E-state index in [1.165, 1.54) is 6.08 Å². The minimum absolute atomic E-state index is 0.0232. The predicted molar refractivity (Wildman–Crippen MR) is 90.7 cm³/mol. The van der Waals surface area contributed by atoms with E-state index in [1.54, 1.807) is 6.08 Å². The molecule has 0 saturated heterocycles. The topological polar surface area (TPSA) is 245 Å². The van der Waals surface area contributed by atoms with Crippen LogP contribution in [0.5, 0.6) is 0 Å². The zero-order valence-electron chi connectivity index (χ0n) is 13.9. The third kappa shape index (κ3) is 4.53. The molecular formula is C12H16N12O3. The molecule has 27 heavy (non-hydrogen) atoms. The van der Waals surface area contributed by atoms with Crippen LogP contribution >= 0.6 is 0 Å². The van der Waals surface area contributed by atoms with E-state index in [0.717, 1.165) is 0 Å². The van der Waals surface area contributed by atoms with Crippen LogP contribution in [0.15, 0.2) is 32.6 Å². The molecule has 0 bridgehead atoms. The highest BCUT2D eigenvalue weighted by molar-refractivity contribution is 5.12. The Morgan fingerprint density at radius 3 is 2.19 bits per heavy atom. The lowest BCUT2D eigenvalue weighted by Gasteiger charge is -2.45. The van der Waals surface area contributed by atoms with E-state index in [2.05, 4.69) is 40.1 Å². The second kappa shape index (κ2) is 9.53. The molecule has 8 atom stereocenters. The first-order valence-electron chi connectivity index (χ1n) is 7.90. The minimum Gasteiger partial charge on any atom is -0.390 e. The smallest absolute Gasteiger partial charge is 0.0887 e. The van der Waals surface area contributed by atoms with Gasteiger partial charge in [-0.05, 0) is 28.5 Å². The van der Waals surface area contributed by atoms with Crippen LogP contribution in [0.2, 0.25) is 0 Å². The molecule has 15 heteroatoms. The van der Waals surface area contributed by atoms with E-state index >= 15 is 0 Å². The van der Waals surface area contributed by atoms with Crippen LogP contribution in [0.1, 0.15) is 6.42 Å². The molecule has 1 saturated carbocycles. The number of aliphatic hydroxyl groups is 2. The fraction of sp³-hybridized carbons (Fsp3) is 0.833. The summed E-state index contributed by atoms with van der Waals surface area (Å²) in [5.41, 5.74) is 34.7. The second-order valence-corrected chi connectivity index (χ2v) is 5.97. The van der Waals surface area contributed by atoms with Crippen LogP contribution in [0.4, 0.5) is 0 Å². The van der Waals surface area contributed by atoms with Gasteiger partial charge in [-0.2, -0.15) is 0 Å². The normalized spacial score (nSPS) is 37.7. The Morgan fingerprint density at radius 1 is 0.889 bits per heavy atom. The molecule has 1 aliphatic carbocycles. The number of rotatable bonds is 6. The van der Waals surface area contributed by atoms with Crippen LogP contribution in [0.3, 0.4) is 0 Å². The zero-order chi connectivity index (χ0) is 19.8. The Labute approximate surface area is 151 Å². The monoisotopic (exact) mass is 376 g/mol. The number of nitrogens with zero attached hydrogens (tertiary/aromatic N) is 12. The van der Waals surface area contributed by atoms with Crippen molar-refractivity contribution in [1.82, 2.24) is 0 Å². The molecule has 0 aromatic rings. The lowest BCUT2D eigenvalue weighted by Crippen LogP contribution is -2.58. The van der Waals surface area contributed by atoms with Gasteiger partial charge in [-0.1, -0.05) is 32.6 Å². The molecule has 2 rings (SSSR count). The summed E-state index contributed by atoms with van der Waals surface area (Å²) in [5, 5.41) is 35.0. The molecule has 0 spiro atoms. The molecule has 0 amide bonds. The van der Waals surface area contributed by atoms with E-state index < -0.39 is 48.5 Å². The van der Waals surface area contributed by atoms with Gasteiger partial charge in [0.1, 0.15) is 0 Å². The molecular weight excluding hydrogens is 360 g/mol. The van der Waals surface area contributed by atoms with Crippen molar-refractivity contribution >= 4 is 0 Å². The number of hydrogen-bond donors (Lipinski definition) is 2. The van der Waals surface area contributed by atoms with Crippen LogP contribution in [0, 0.1) is 5.92 Å². The first-order chi connectivity index (χ1) is 13.1. The maximum atomic E-state index is 10.6. The summed E-state index contributed by atoms with van der Waals surface area (Å²) in [6.07, 6.45) is -1.44. The summed E-state index contributed by atoms with van der Waals surface area (Å²) in [6.45, 7) is -0.0363. The van der Waals surface area contributed by atoms with Gasteiger partial charge in [-0.15, -0.1) is 0 Å². The van der Waals surface area contributed by atoms with Crippen LogP contribution in [-0.2, 0) is 4.74 Å². The van der Waals surface area contributed by atoms with Crippen molar-refractivity contribution in [3.8, 4) is 0 Å².